The molecule has 0 unspecified atom stereocenters. The summed E-state index contributed by atoms with van der Waals surface area (Å²) in [4.78, 5) is 16.2. The maximum absolute atomic E-state index is 11.7. The molecule has 0 aliphatic rings. The number of fused-ring (bicyclic) bond motifs is 1. The van der Waals surface area contributed by atoms with Crippen LogP contribution < -0.4 is 0 Å². The largest absolute Gasteiger partial charge is 0.339 e. The molecule has 0 aliphatic heterocycles. The van der Waals surface area contributed by atoms with Crippen LogP contribution in [0.25, 0.3) is 33.4 Å². The quantitative estimate of drug-likeness (QED) is 0.587. The van der Waals surface area contributed by atoms with Gasteiger partial charge in [0, 0.05) is 58.8 Å². The third kappa shape index (κ3) is 3.21. The van der Waals surface area contributed by atoms with Gasteiger partial charge in [-0.15, -0.1) is 0 Å². The minimum absolute atomic E-state index is 0.0776. The van der Waals surface area contributed by atoms with Crippen LogP contribution >= 0.6 is 0 Å². The van der Waals surface area contributed by atoms with Crippen molar-refractivity contribution in [1.82, 2.24) is 19.9 Å². The zero-order valence-electron chi connectivity index (χ0n) is 15.2. The van der Waals surface area contributed by atoms with Gasteiger partial charge < -0.3 is 4.98 Å². The highest BCUT2D eigenvalue weighted by atomic mass is 32.2. The van der Waals surface area contributed by atoms with Crippen molar-refractivity contribution in [3.8, 4) is 22.4 Å². The summed E-state index contributed by atoms with van der Waals surface area (Å²) in [5.74, 6) is 0. The van der Waals surface area contributed by atoms with Crippen molar-refractivity contribution < 1.29 is 8.42 Å². The molecule has 4 aromatic heterocycles. The molecule has 0 aromatic carbocycles. The molecular formula is C20H18N4O2S. The molecule has 0 fully saturated rings. The summed E-state index contributed by atoms with van der Waals surface area (Å²) in [6.45, 7) is 3.91. The van der Waals surface area contributed by atoms with Crippen LogP contribution in [-0.2, 0) is 9.84 Å². The Hall–Kier alpha value is -3.06. The monoisotopic (exact) mass is 378 g/mol. The summed E-state index contributed by atoms with van der Waals surface area (Å²) < 4.78 is 23.4. The average molecular weight is 378 g/mol. The van der Waals surface area contributed by atoms with Gasteiger partial charge in [0.25, 0.3) is 0 Å². The van der Waals surface area contributed by atoms with Gasteiger partial charge in [0.15, 0.2) is 14.9 Å². The van der Waals surface area contributed by atoms with Gasteiger partial charge in [-0.25, -0.2) is 18.4 Å². The molecule has 6 nitrogen and oxygen atoms in total. The number of aromatic nitrogens is 4. The Bertz CT molecular complexity index is 1280. The van der Waals surface area contributed by atoms with E-state index < -0.39 is 9.84 Å². The van der Waals surface area contributed by atoms with Crippen LogP contribution in [0.4, 0.5) is 0 Å². The fraction of sp³-hybridized carbons (Fsp3) is 0.150. The van der Waals surface area contributed by atoms with Crippen LogP contribution in [0.2, 0.25) is 0 Å². The molecule has 1 N–H and O–H groups in total. The predicted octanol–water partition coefficient (Wildman–Crippen LogP) is 3.71. The molecule has 0 bridgehead atoms. The summed E-state index contributed by atoms with van der Waals surface area (Å²) in [7, 11) is -3.33. The van der Waals surface area contributed by atoms with E-state index in [0.29, 0.717) is 0 Å². The van der Waals surface area contributed by atoms with E-state index in [1.807, 2.05) is 38.2 Å². The Morgan fingerprint density at radius 3 is 2.44 bits per heavy atom. The fourth-order valence-electron chi connectivity index (χ4n) is 3.09. The van der Waals surface area contributed by atoms with E-state index in [-0.39, 0.29) is 5.03 Å². The van der Waals surface area contributed by atoms with Crippen molar-refractivity contribution >= 4 is 20.9 Å². The molecule has 0 radical (unpaired) electrons. The Balaban J connectivity index is 1.80. The standard InChI is InChI=1S/C20H18N4O2S/c1-12-4-5-21-10-17(12)18-8-14-7-15(9-23-20(14)24-18)16-11-22-19(6-13(16)2)27(3,25)26/h4-11H,1-3H3,(H,23,24). The van der Waals surface area contributed by atoms with Gasteiger partial charge in [-0.3, -0.25) is 4.98 Å². The van der Waals surface area contributed by atoms with E-state index >= 15 is 0 Å². The second-order valence-corrected chi connectivity index (χ2v) is 8.61. The van der Waals surface area contributed by atoms with Crippen molar-refractivity contribution in [2.45, 2.75) is 18.9 Å². The lowest BCUT2D eigenvalue weighted by Crippen LogP contribution is -2.01. The van der Waals surface area contributed by atoms with E-state index in [1.54, 1.807) is 24.7 Å². The number of pyridine rings is 3. The third-order valence-corrected chi connectivity index (χ3v) is 5.56. The minimum atomic E-state index is -3.33. The Morgan fingerprint density at radius 2 is 1.74 bits per heavy atom. The first-order chi connectivity index (χ1) is 12.8. The number of nitrogens with one attached hydrogen (secondary N) is 1. The molecule has 7 heteroatoms. The van der Waals surface area contributed by atoms with E-state index in [0.717, 1.165) is 50.8 Å². The molecule has 4 aromatic rings. The number of nitrogens with zero attached hydrogens (tertiary/aromatic N) is 3. The fourth-order valence-corrected chi connectivity index (χ4v) is 3.72. The van der Waals surface area contributed by atoms with E-state index in [2.05, 4.69) is 19.9 Å². The van der Waals surface area contributed by atoms with Crippen molar-refractivity contribution in [1.29, 1.82) is 0 Å². The van der Waals surface area contributed by atoms with E-state index in [1.165, 1.54) is 0 Å². The molecule has 0 amide bonds. The lowest BCUT2D eigenvalue weighted by Gasteiger charge is -2.07. The minimum Gasteiger partial charge on any atom is -0.339 e. The lowest BCUT2D eigenvalue weighted by molar-refractivity contribution is 0.598. The normalized spacial score (nSPS) is 11.8. The summed E-state index contributed by atoms with van der Waals surface area (Å²) in [6.07, 6.45) is 8.12. The molecule has 0 aliphatic carbocycles. The molecule has 0 atom stereocenters. The zero-order valence-corrected chi connectivity index (χ0v) is 16.0. The molecule has 4 rings (SSSR count). The molecule has 4 heterocycles. The number of sulfone groups is 1. The van der Waals surface area contributed by atoms with Crippen molar-refractivity contribution in [3.63, 3.8) is 0 Å². The summed E-state index contributed by atoms with van der Waals surface area (Å²) in [5.41, 5.74) is 6.50. The number of aromatic amines is 1. The van der Waals surface area contributed by atoms with E-state index in [4.69, 9.17) is 0 Å². The maximum Gasteiger partial charge on any atom is 0.192 e. The Kier molecular flexibility index (Phi) is 4.04. The SMILES string of the molecule is Cc1cc(S(C)(=O)=O)ncc1-c1cnc2[nH]c(-c3cnccc3C)cc2c1. The number of rotatable bonds is 3. The molecule has 0 spiro atoms. The second kappa shape index (κ2) is 6.28. The smallest absolute Gasteiger partial charge is 0.192 e. The first-order valence-electron chi connectivity index (χ1n) is 8.40. The molecule has 27 heavy (non-hydrogen) atoms. The number of hydrogen-bond donors (Lipinski definition) is 1. The zero-order chi connectivity index (χ0) is 19.2. The topological polar surface area (TPSA) is 88.6 Å². The van der Waals surface area contributed by atoms with Gasteiger partial charge in [-0.1, -0.05) is 0 Å². The highest BCUT2D eigenvalue weighted by Crippen LogP contribution is 2.29. The van der Waals surface area contributed by atoms with Gasteiger partial charge in [0.2, 0.25) is 0 Å². The van der Waals surface area contributed by atoms with Crippen molar-refractivity contribution in [3.05, 3.63) is 60.2 Å². The van der Waals surface area contributed by atoms with Gasteiger partial charge in [0.05, 0.1) is 0 Å². The van der Waals surface area contributed by atoms with Crippen LogP contribution in [-0.4, -0.2) is 34.6 Å². The first-order valence-corrected chi connectivity index (χ1v) is 10.3. The Morgan fingerprint density at radius 1 is 0.926 bits per heavy atom. The summed E-state index contributed by atoms with van der Waals surface area (Å²) >= 11 is 0. The van der Waals surface area contributed by atoms with Crippen LogP contribution in [0.5, 0.6) is 0 Å². The molecule has 0 saturated carbocycles. The highest BCUT2D eigenvalue weighted by molar-refractivity contribution is 7.90. The van der Waals surface area contributed by atoms with Crippen LogP contribution in [0, 0.1) is 13.8 Å². The summed E-state index contributed by atoms with van der Waals surface area (Å²) in [6, 6.07) is 7.64. The summed E-state index contributed by atoms with van der Waals surface area (Å²) in [5, 5.41) is 1.05. The van der Waals surface area contributed by atoms with Gasteiger partial charge in [-0.05, 0) is 49.2 Å². The van der Waals surface area contributed by atoms with Gasteiger partial charge >= 0.3 is 0 Å². The van der Waals surface area contributed by atoms with Crippen molar-refractivity contribution in [2.24, 2.45) is 0 Å². The number of hydrogen-bond acceptors (Lipinski definition) is 5. The Labute approximate surface area is 157 Å². The van der Waals surface area contributed by atoms with Crippen LogP contribution in [0.15, 0.2) is 54.1 Å². The van der Waals surface area contributed by atoms with Gasteiger partial charge in [0.1, 0.15) is 5.65 Å². The first kappa shape index (κ1) is 17.4. The predicted molar refractivity (Wildman–Crippen MR) is 105 cm³/mol. The highest BCUT2D eigenvalue weighted by Gasteiger charge is 2.13. The molecular weight excluding hydrogens is 360 g/mol. The van der Waals surface area contributed by atoms with Crippen LogP contribution in [0.1, 0.15) is 11.1 Å². The van der Waals surface area contributed by atoms with E-state index in [9.17, 15) is 8.42 Å². The second-order valence-electron chi connectivity index (χ2n) is 6.65. The molecule has 0 saturated heterocycles. The van der Waals surface area contributed by atoms with Crippen molar-refractivity contribution in [2.75, 3.05) is 6.26 Å². The average Bonchev–Trinajstić information content (AvgIpc) is 3.04. The van der Waals surface area contributed by atoms with Gasteiger partial charge in [-0.2, -0.15) is 0 Å². The number of aryl methyl sites for hydroxylation is 2. The lowest BCUT2D eigenvalue weighted by atomic mass is 10.0. The van der Waals surface area contributed by atoms with Crippen LogP contribution in [0.3, 0.4) is 0 Å². The molecule has 136 valence electrons. The third-order valence-electron chi connectivity index (χ3n) is 4.58. The maximum atomic E-state index is 11.7. The number of H-pyrrole nitrogens is 1.